The summed E-state index contributed by atoms with van der Waals surface area (Å²) in [5.41, 5.74) is 1.83. The van der Waals surface area contributed by atoms with Crippen LogP contribution in [0.3, 0.4) is 0 Å². The van der Waals surface area contributed by atoms with Crippen LogP contribution in [0.1, 0.15) is 11.5 Å². The number of aromatic nitrogens is 2. The highest BCUT2D eigenvalue weighted by atomic mass is 80.0. The summed E-state index contributed by atoms with van der Waals surface area (Å²) in [4.78, 5) is 8.80. The van der Waals surface area contributed by atoms with E-state index >= 15 is 0 Å². The maximum atomic E-state index is 4.42. The Morgan fingerprint density at radius 1 is 1.07 bits per heavy atom. The summed E-state index contributed by atoms with van der Waals surface area (Å²) >= 11 is 10.5. The SMILES string of the molecule is Cc1nc(C(Br)(Br)Br)c2ccccc2n1. The van der Waals surface area contributed by atoms with E-state index in [2.05, 4.69) is 57.8 Å². The Kier molecular flexibility index (Phi) is 3.14. The minimum atomic E-state index is -0.500. The number of hydrogen-bond donors (Lipinski definition) is 0. The number of hydrogen-bond acceptors (Lipinski definition) is 2. The van der Waals surface area contributed by atoms with Crippen LogP contribution in [0.4, 0.5) is 0 Å². The predicted molar refractivity (Wildman–Crippen MR) is 72.7 cm³/mol. The average molecular weight is 395 g/mol. The second-order valence-corrected chi connectivity index (χ2v) is 9.90. The van der Waals surface area contributed by atoms with Gasteiger partial charge < -0.3 is 0 Å². The first kappa shape index (κ1) is 11.5. The van der Waals surface area contributed by atoms with Crippen molar-refractivity contribution >= 4 is 58.7 Å². The lowest BCUT2D eigenvalue weighted by atomic mass is 10.2. The van der Waals surface area contributed by atoms with Gasteiger partial charge >= 0.3 is 0 Å². The highest BCUT2D eigenvalue weighted by Gasteiger charge is 2.25. The van der Waals surface area contributed by atoms with Crippen molar-refractivity contribution in [3.63, 3.8) is 0 Å². The van der Waals surface area contributed by atoms with Crippen LogP contribution in [0.5, 0.6) is 0 Å². The van der Waals surface area contributed by atoms with E-state index in [1.54, 1.807) is 0 Å². The molecule has 0 atom stereocenters. The van der Waals surface area contributed by atoms with E-state index in [0.717, 1.165) is 22.4 Å². The standard InChI is InChI=1S/C10H7Br3N2/c1-6-14-8-5-3-2-4-7(8)9(15-6)10(11,12)13/h2-5H,1H3. The molecule has 78 valence electrons. The molecule has 2 aromatic rings. The topological polar surface area (TPSA) is 25.8 Å². The zero-order valence-electron chi connectivity index (χ0n) is 7.84. The Morgan fingerprint density at radius 2 is 1.73 bits per heavy atom. The van der Waals surface area contributed by atoms with E-state index in [1.807, 2.05) is 31.2 Å². The Balaban J connectivity index is 2.83. The molecule has 0 N–H and O–H groups in total. The summed E-state index contributed by atoms with van der Waals surface area (Å²) in [6, 6.07) is 7.93. The Bertz CT molecular complexity index is 505. The molecule has 0 aliphatic heterocycles. The maximum Gasteiger partial charge on any atom is 0.177 e. The molecular weight excluding hydrogens is 388 g/mol. The van der Waals surface area contributed by atoms with E-state index in [-0.39, 0.29) is 0 Å². The summed E-state index contributed by atoms with van der Waals surface area (Å²) in [7, 11) is 0. The van der Waals surface area contributed by atoms with Crippen molar-refractivity contribution in [2.75, 3.05) is 0 Å². The molecule has 0 unspecified atom stereocenters. The number of aryl methyl sites for hydroxylation is 1. The minimum absolute atomic E-state index is 0.500. The molecule has 1 aromatic carbocycles. The van der Waals surface area contributed by atoms with Crippen LogP contribution in [0.2, 0.25) is 0 Å². The number of fused-ring (bicyclic) bond motifs is 1. The number of para-hydroxylation sites is 1. The van der Waals surface area contributed by atoms with E-state index in [9.17, 15) is 0 Å². The zero-order chi connectivity index (χ0) is 11.1. The first-order valence-corrected chi connectivity index (χ1v) is 6.67. The van der Waals surface area contributed by atoms with Crippen molar-refractivity contribution in [3.05, 3.63) is 35.8 Å². The second-order valence-electron chi connectivity index (χ2n) is 3.13. The number of nitrogens with zero attached hydrogens (tertiary/aromatic N) is 2. The van der Waals surface area contributed by atoms with Crippen LogP contribution in [0.15, 0.2) is 24.3 Å². The molecule has 2 rings (SSSR count). The first-order chi connectivity index (χ1) is 6.98. The van der Waals surface area contributed by atoms with E-state index in [4.69, 9.17) is 0 Å². The van der Waals surface area contributed by atoms with Crippen LogP contribution in [0, 0.1) is 6.92 Å². The molecule has 0 bridgehead atoms. The number of benzene rings is 1. The van der Waals surface area contributed by atoms with Gasteiger partial charge in [0.05, 0.1) is 11.2 Å². The van der Waals surface area contributed by atoms with Crippen molar-refractivity contribution in [1.82, 2.24) is 9.97 Å². The maximum absolute atomic E-state index is 4.42. The summed E-state index contributed by atoms with van der Waals surface area (Å²) in [6.45, 7) is 1.88. The van der Waals surface area contributed by atoms with E-state index in [1.165, 1.54) is 0 Å². The minimum Gasteiger partial charge on any atom is -0.234 e. The molecule has 0 aliphatic rings. The Hall–Kier alpha value is -0.0000000000000000555. The molecule has 15 heavy (non-hydrogen) atoms. The predicted octanol–water partition coefficient (Wildman–Crippen LogP) is 4.23. The van der Waals surface area contributed by atoms with Gasteiger partial charge in [0, 0.05) is 5.39 Å². The van der Waals surface area contributed by atoms with Gasteiger partial charge in [-0.05, 0) is 13.0 Å². The number of halogens is 3. The smallest absolute Gasteiger partial charge is 0.177 e. The third kappa shape index (κ3) is 2.40. The van der Waals surface area contributed by atoms with E-state index < -0.39 is 2.14 Å². The second kappa shape index (κ2) is 4.11. The van der Waals surface area contributed by atoms with Gasteiger partial charge in [-0.2, -0.15) is 0 Å². The zero-order valence-corrected chi connectivity index (χ0v) is 12.6. The van der Waals surface area contributed by atoms with Crippen LogP contribution in [0.25, 0.3) is 10.9 Å². The molecule has 5 heteroatoms. The third-order valence-corrected chi connectivity index (χ3v) is 3.11. The molecule has 0 radical (unpaired) electrons. The van der Waals surface area contributed by atoms with Crippen molar-refractivity contribution < 1.29 is 0 Å². The number of rotatable bonds is 0. The van der Waals surface area contributed by atoms with Gasteiger partial charge in [-0.3, -0.25) is 0 Å². The molecule has 0 saturated heterocycles. The van der Waals surface area contributed by atoms with Crippen molar-refractivity contribution in [1.29, 1.82) is 0 Å². The van der Waals surface area contributed by atoms with Crippen molar-refractivity contribution in [2.24, 2.45) is 0 Å². The Morgan fingerprint density at radius 3 is 2.40 bits per heavy atom. The number of alkyl halides is 3. The molecular formula is C10H7Br3N2. The molecule has 0 saturated carbocycles. The summed E-state index contributed by atoms with van der Waals surface area (Å²) in [5.74, 6) is 0.756. The van der Waals surface area contributed by atoms with Gasteiger partial charge in [-0.25, -0.2) is 9.97 Å². The molecule has 1 aromatic heterocycles. The molecule has 0 amide bonds. The van der Waals surface area contributed by atoms with Gasteiger partial charge in [0.1, 0.15) is 5.82 Å². The molecule has 2 nitrogen and oxygen atoms in total. The normalized spacial score (nSPS) is 12.0. The largest absolute Gasteiger partial charge is 0.234 e. The lowest BCUT2D eigenvalue weighted by molar-refractivity contribution is 1.03. The molecule has 0 aliphatic carbocycles. The fourth-order valence-corrected chi connectivity index (χ4v) is 2.32. The third-order valence-electron chi connectivity index (χ3n) is 1.98. The van der Waals surface area contributed by atoms with Crippen LogP contribution < -0.4 is 0 Å². The highest BCUT2D eigenvalue weighted by molar-refractivity contribution is 9.38. The summed E-state index contributed by atoms with van der Waals surface area (Å²) < 4.78 is -0.500. The lowest BCUT2D eigenvalue weighted by Gasteiger charge is -2.14. The van der Waals surface area contributed by atoms with Gasteiger partial charge in [0.25, 0.3) is 0 Å². The Labute approximate surface area is 113 Å². The first-order valence-electron chi connectivity index (χ1n) is 4.29. The molecule has 1 heterocycles. The molecule has 0 spiro atoms. The average Bonchev–Trinajstić information content (AvgIpc) is 2.15. The van der Waals surface area contributed by atoms with E-state index in [0.29, 0.717) is 0 Å². The molecule has 0 fully saturated rings. The monoisotopic (exact) mass is 392 g/mol. The fraction of sp³-hybridized carbons (Fsp3) is 0.200. The van der Waals surface area contributed by atoms with Gasteiger partial charge in [-0.15, -0.1) is 0 Å². The fourth-order valence-electron chi connectivity index (χ4n) is 1.41. The van der Waals surface area contributed by atoms with Gasteiger partial charge in [0.15, 0.2) is 2.14 Å². The van der Waals surface area contributed by atoms with Crippen LogP contribution in [-0.4, -0.2) is 9.97 Å². The van der Waals surface area contributed by atoms with Crippen molar-refractivity contribution in [2.45, 2.75) is 9.07 Å². The van der Waals surface area contributed by atoms with Crippen LogP contribution in [-0.2, 0) is 2.14 Å². The van der Waals surface area contributed by atoms with Crippen LogP contribution >= 0.6 is 47.8 Å². The van der Waals surface area contributed by atoms with Gasteiger partial charge in [0.2, 0.25) is 0 Å². The van der Waals surface area contributed by atoms with Gasteiger partial charge in [-0.1, -0.05) is 66.0 Å². The quantitative estimate of drug-likeness (QED) is 0.625. The lowest BCUT2D eigenvalue weighted by Crippen LogP contribution is -2.05. The summed E-state index contributed by atoms with van der Waals surface area (Å²) in [6.07, 6.45) is 0. The summed E-state index contributed by atoms with van der Waals surface area (Å²) in [5, 5.41) is 1.02. The highest BCUT2D eigenvalue weighted by Crippen LogP contribution is 2.45. The van der Waals surface area contributed by atoms with Crippen molar-refractivity contribution in [3.8, 4) is 0 Å².